The van der Waals surface area contributed by atoms with Crippen LogP contribution in [0.4, 0.5) is 19.0 Å². The molecule has 0 radical (unpaired) electrons. The van der Waals surface area contributed by atoms with Gasteiger partial charge in [-0.15, -0.1) is 0 Å². The quantitative estimate of drug-likeness (QED) is 0.703. The smallest absolute Gasteiger partial charge is 0.369 e. The normalized spacial score (nSPS) is 13.0. The second-order valence-electron chi connectivity index (χ2n) is 7.34. The van der Waals surface area contributed by atoms with Gasteiger partial charge < -0.3 is 5.32 Å². The van der Waals surface area contributed by atoms with Gasteiger partial charge in [0.1, 0.15) is 10.7 Å². The predicted octanol–water partition coefficient (Wildman–Crippen LogP) is 3.06. The molecule has 0 aliphatic heterocycles. The van der Waals surface area contributed by atoms with Gasteiger partial charge in [0.2, 0.25) is 10.0 Å². The van der Waals surface area contributed by atoms with Crippen molar-refractivity contribution in [1.82, 2.24) is 19.5 Å². The van der Waals surface area contributed by atoms with Crippen molar-refractivity contribution < 1.29 is 21.6 Å². The zero-order valence-electron chi connectivity index (χ0n) is 16.3. The predicted molar refractivity (Wildman–Crippen MR) is 99.6 cm³/mol. The molecule has 11 heteroatoms. The molecule has 2 aromatic rings. The Morgan fingerprint density at radius 3 is 2.21 bits per heavy atom. The van der Waals surface area contributed by atoms with E-state index in [-0.39, 0.29) is 29.3 Å². The van der Waals surface area contributed by atoms with Crippen molar-refractivity contribution >= 4 is 15.8 Å². The summed E-state index contributed by atoms with van der Waals surface area (Å²) < 4.78 is 67.0. The van der Waals surface area contributed by atoms with E-state index in [1.54, 1.807) is 18.5 Å². The highest BCUT2D eigenvalue weighted by Gasteiger charge is 2.31. The van der Waals surface area contributed by atoms with Gasteiger partial charge >= 0.3 is 6.18 Å². The van der Waals surface area contributed by atoms with Gasteiger partial charge in [0, 0.05) is 19.3 Å². The van der Waals surface area contributed by atoms with Gasteiger partial charge in [-0.2, -0.15) is 18.3 Å². The van der Waals surface area contributed by atoms with E-state index < -0.39 is 21.8 Å². The van der Waals surface area contributed by atoms with Crippen molar-refractivity contribution in [3.8, 4) is 0 Å². The lowest BCUT2D eigenvalue weighted by Gasteiger charge is -2.21. The molecular weight excluding hydrogens is 395 g/mol. The molecule has 2 heterocycles. The molecule has 7 nitrogen and oxygen atoms in total. The third-order valence-electron chi connectivity index (χ3n) is 3.94. The van der Waals surface area contributed by atoms with Gasteiger partial charge in [-0.1, -0.05) is 0 Å². The highest BCUT2D eigenvalue weighted by Crippen LogP contribution is 2.29. The van der Waals surface area contributed by atoms with E-state index >= 15 is 0 Å². The molecule has 0 aromatic carbocycles. The summed E-state index contributed by atoms with van der Waals surface area (Å²) in [6, 6.07) is 2.10. The molecule has 0 unspecified atom stereocenters. The Morgan fingerprint density at radius 1 is 1.11 bits per heavy atom. The van der Waals surface area contributed by atoms with E-state index in [1.807, 2.05) is 20.8 Å². The van der Waals surface area contributed by atoms with E-state index in [0.29, 0.717) is 11.4 Å². The largest absolute Gasteiger partial charge is 0.417 e. The van der Waals surface area contributed by atoms with Crippen LogP contribution in [0.15, 0.2) is 23.2 Å². The number of rotatable bonds is 6. The first kappa shape index (κ1) is 22.2. The number of pyridine rings is 1. The van der Waals surface area contributed by atoms with Crippen LogP contribution in [-0.4, -0.2) is 36.3 Å². The Labute approximate surface area is 162 Å². The molecule has 0 aliphatic carbocycles. The number of anilines is 1. The highest BCUT2D eigenvalue weighted by molar-refractivity contribution is 7.89. The van der Waals surface area contributed by atoms with Crippen molar-refractivity contribution in [3.63, 3.8) is 0 Å². The van der Waals surface area contributed by atoms with Gasteiger partial charge in [-0.05, 0) is 46.8 Å². The van der Waals surface area contributed by atoms with Gasteiger partial charge in [-0.25, -0.2) is 18.1 Å². The van der Waals surface area contributed by atoms with Crippen molar-refractivity contribution in [2.45, 2.75) is 51.2 Å². The fourth-order valence-electron chi connectivity index (χ4n) is 2.78. The molecule has 0 aliphatic rings. The zero-order chi connectivity index (χ0) is 21.3. The summed E-state index contributed by atoms with van der Waals surface area (Å²) in [6.07, 6.45) is -3.73. The van der Waals surface area contributed by atoms with Crippen LogP contribution in [0, 0.1) is 13.8 Å². The molecule has 0 spiro atoms. The van der Waals surface area contributed by atoms with Crippen molar-refractivity contribution in [2.75, 3.05) is 18.4 Å². The third-order valence-corrected chi connectivity index (χ3v) is 5.66. The Kier molecular flexibility index (Phi) is 6.10. The maximum Gasteiger partial charge on any atom is 0.417 e. The number of aryl methyl sites for hydroxylation is 1. The Morgan fingerprint density at radius 2 is 1.75 bits per heavy atom. The summed E-state index contributed by atoms with van der Waals surface area (Å²) in [5.74, 6) is 0.222. The number of hydrogen-bond donors (Lipinski definition) is 2. The molecular formula is C17H24F3N5O2S. The minimum absolute atomic E-state index is 0.0324. The number of aromatic nitrogens is 3. The van der Waals surface area contributed by atoms with E-state index in [4.69, 9.17) is 0 Å². The molecule has 156 valence electrons. The maximum absolute atomic E-state index is 12.6. The van der Waals surface area contributed by atoms with Gasteiger partial charge in [-0.3, -0.25) is 4.68 Å². The second kappa shape index (κ2) is 7.70. The standard InChI is InChI=1S/C17H24F3N5O2S/c1-11-15(12(2)25(24-11)16(3,4)5)28(26,27)23-9-8-21-14-7-6-13(10-22-14)17(18,19)20/h6-7,10,23H,8-9H2,1-5H3,(H,21,22). The fraction of sp³-hybridized carbons (Fsp3) is 0.529. The molecule has 2 N–H and O–H groups in total. The number of nitrogens with one attached hydrogen (secondary N) is 2. The number of sulfonamides is 1. The molecule has 0 amide bonds. The molecule has 2 aromatic heterocycles. The van der Waals surface area contributed by atoms with Crippen LogP contribution in [0.1, 0.15) is 37.7 Å². The van der Waals surface area contributed by atoms with Crippen LogP contribution < -0.4 is 10.0 Å². The van der Waals surface area contributed by atoms with Crippen molar-refractivity contribution in [1.29, 1.82) is 0 Å². The van der Waals surface area contributed by atoms with E-state index in [9.17, 15) is 21.6 Å². The molecule has 0 saturated heterocycles. The molecule has 0 saturated carbocycles. The first-order valence-electron chi connectivity index (χ1n) is 8.57. The number of halogens is 3. The van der Waals surface area contributed by atoms with E-state index in [0.717, 1.165) is 12.3 Å². The Hall–Kier alpha value is -2.14. The van der Waals surface area contributed by atoms with E-state index in [2.05, 4.69) is 20.1 Å². The van der Waals surface area contributed by atoms with Gasteiger partial charge in [0.05, 0.1) is 22.5 Å². The second-order valence-corrected chi connectivity index (χ2v) is 9.04. The van der Waals surface area contributed by atoms with Crippen molar-refractivity contribution in [3.05, 3.63) is 35.3 Å². The molecule has 0 atom stereocenters. The lowest BCUT2D eigenvalue weighted by Crippen LogP contribution is -2.30. The van der Waals surface area contributed by atoms with Gasteiger partial charge in [0.15, 0.2) is 0 Å². The van der Waals surface area contributed by atoms with E-state index in [1.165, 1.54) is 6.07 Å². The minimum Gasteiger partial charge on any atom is -0.369 e. The average Bonchev–Trinajstić information content (AvgIpc) is 2.86. The molecule has 28 heavy (non-hydrogen) atoms. The summed E-state index contributed by atoms with van der Waals surface area (Å²) in [5, 5.41) is 7.11. The first-order valence-corrected chi connectivity index (χ1v) is 10.1. The van der Waals surface area contributed by atoms with Crippen LogP contribution in [0.25, 0.3) is 0 Å². The highest BCUT2D eigenvalue weighted by atomic mass is 32.2. The summed E-state index contributed by atoms with van der Waals surface area (Å²) in [4.78, 5) is 3.81. The molecule has 0 bridgehead atoms. The minimum atomic E-state index is -4.45. The average molecular weight is 419 g/mol. The lowest BCUT2D eigenvalue weighted by atomic mass is 10.1. The van der Waals surface area contributed by atoms with Crippen LogP contribution >= 0.6 is 0 Å². The van der Waals surface area contributed by atoms with Crippen LogP contribution in [-0.2, 0) is 21.7 Å². The first-order chi connectivity index (χ1) is 12.7. The zero-order valence-corrected chi connectivity index (χ0v) is 17.2. The lowest BCUT2D eigenvalue weighted by molar-refractivity contribution is -0.137. The third kappa shape index (κ3) is 5.02. The number of hydrogen-bond acceptors (Lipinski definition) is 5. The monoisotopic (exact) mass is 419 g/mol. The molecule has 2 rings (SSSR count). The number of nitrogens with zero attached hydrogens (tertiary/aromatic N) is 3. The number of alkyl halides is 3. The molecule has 0 fully saturated rings. The summed E-state index contributed by atoms with van der Waals surface area (Å²) >= 11 is 0. The van der Waals surface area contributed by atoms with Crippen molar-refractivity contribution in [2.24, 2.45) is 0 Å². The van der Waals surface area contributed by atoms with Gasteiger partial charge in [0.25, 0.3) is 0 Å². The summed E-state index contributed by atoms with van der Waals surface area (Å²) in [5.41, 5.74) is -0.272. The Balaban J connectivity index is 2.00. The SMILES string of the molecule is Cc1nn(C(C)(C)C)c(C)c1S(=O)(=O)NCCNc1ccc(C(F)(F)F)cn1. The topological polar surface area (TPSA) is 88.9 Å². The summed E-state index contributed by atoms with van der Waals surface area (Å²) in [7, 11) is -3.78. The van der Waals surface area contributed by atoms with Crippen LogP contribution in [0.5, 0.6) is 0 Å². The summed E-state index contributed by atoms with van der Waals surface area (Å²) in [6.45, 7) is 9.30. The maximum atomic E-state index is 12.6. The van der Waals surface area contributed by atoms with Crippen LogP contribution in [0.3, 0.4) is 0 Å². The Bertz CT molecular complexity index is 929. The fourth-order valence-corrected chi connectivity index (χ4v) is 4.20. The van der Waals surface area contributed by atoms with Crippen LogP contribution in [0.2, 0.25) is 0 Å².